The van der Waals surface area contributed by atoms with Gasteiger partial charge in [0.15, 0.2) is 0 Å². The van der Waals surface area contributed by atoms with Crippen LogP contribution in [-0.2, 0) is 11.3 Å². The molecule has 0 unspecified atom stereocenters. The van der Waals surface area contributed by atoms with Gasteiger partial charge in [-0.3, -0.25) is 10.2 Å². The lowest BCUT2D eigenvalue weighted by Gasteiger charge is -2.01. The van der Waals surface area contributed by atoms with Gasteiger partial charge >= 0.3 is 6.09 Å². The van der Waals surface area contributed by atoms with Crippen LogP contribution in [0.4, 0.5) is 10.5 Å². The van der Waals surface area contributed by atoms with Gasteiger partial charge in [-0.05, 0) is 29.8 Å². The molecular weight excluding hydrogens is 320 g/mol. The number of oxime groups is 1. The third-order valence-corrected chi connectivity index (χ3v) is 4.40. The van der Waals surface area contributed by atoms with Crippen LogP contribution in [0, 0.1) is 0 Å². The predicted molar refractivity (Wildman–Crippen MR) is 98.5 cm³/mol. The predicted octanol–water partition coefficient (Wildman–Crippen LogP) is 5.19. The number of carbonyl (C=O) groups is 1. The maximum absolute atomic E-state index is 11.6. The molecule has 0 spiro atoms. The summed E-state index contributed by atoms with van der Waals surface area (Å²) in [7, 11) is 0. The van der Waals surface area contributed by atoms with Crippen molar-refractivity contribution >= 4 is 29.3 Å². The van der Waals surface area contributed by atoms with Gasteiger partial charge in [-0.1, -0.05) is 53.7 Å². The van der Waals surface area contributed by atoms with E-state index in [1.54, 1.807) is 29.7 Å². The van der Waals surface area contributed by atoms with Gasteiger partial charge in [-0.15, -0.1) is 11.3 Å². The quantitative estimate of drug-likeness (QED) is 0.396. The Morgan fingerprint density at radius 2 is 1.71 bits per heavy atom. The number of para-hydroxylation sites is 1. The van der Waals surface area contributed by atoms with Gasteiger partial charge in [0.05, 0.1) is 0 Å². The minimum absolute atomic E-state index is 0.603. The molecule has 0 aliphatic heterocycles. The van der Waals surface area contributed by atoms with Gasteiger partial charge in [-0.2, -0.15) is 0 Å². The Bertz CT molecular complexity index is 814. The van der Waals surface area contributed by atoms with E-state index >= 15 is 0 Å². The molecule has 24 heavy (non-hydrogen) atoms. The summed E-state index contributed by atoms with van der Waals surface area (Å²) in [6.07, 6.45) is 1.61. The van der Waals surface area contributed by atoms with Crippen molar-refractivity contribution in [3.05, 3.63) is 77.7 Å². The highest BCUT2D eigenvalue weighted by molar-refractivity contribution is 7.15. The lowest BCUT2D eigenvalue weighted by molar-refractivity contribution is 0.167. The molecule has 1 amide bonds. The fraction of sp³-hybridized carbons (Fsp3) is 0.0526. The maximum Gasteiger partial charge on any atom is 0.437 e. The van der Waals surface area contributed by atoms with E-state index in [-0.39, 0.29) is 0 Å². The Morgan fingerprint density at radius 3 is 2.46 bits per heavy atom. The monoisotopic (exact) mass is 336 g/mol. The molecule has 2 aromatic carbocycles. The van der Waals surface area contributed by atoms with Crippen LogP contribution in [0.1, 0.15) is 4.88 Å². The van der Waals surface area contributed by atoms with Crippen molar-refractivity contribution in [2.24, 2.45) is 5.16 Å². The van der Waals surface area contributed by atoms with E-state index in [4.69, 9.17) is 4.84 Å². The van der Waals surface area contributed by atoms with E-state index in [1.165, 1.54) is 10.4 Å². The van der Waals surface area contributed by atoms with Crippen LogP contribution in [0.5, 0.6) is 0 Å². The Balaban J connectivity index is 1.48. The lowest BCUT2D eigenvalue weighted by atomic mass is 10.2. The van der Waals surface area contributed by atoms with E-state index < -0.39 is 6.09 Å². The molecule has 0 aliphatic rings. The Hall–Kier alpha value is -2.92. The fourth-order valence-electron chi connectivity index (χ4n) is 2.12. The summed E-state index contributed by atoms with van der Waals surface area (Å²) in [4.78, 5) is 18.7. The fourth-order valence-corrected chi connectivity index (χ4v) is 3.09. The molecule has 0 saturated heterocycles. The van der Waals surface area contributed by atoms with Gasteiger partial charge in [-0.25, -0.2) is 4.79 Å². The van der Waals surface area contributed by atoms with E-state index in [0.717, 1.165) is 4.88 Å². The molecule has 3 aromatic rings. The first-order valence-electron chi connectivity index (χ1n) is 7.50. The molecule has 0 aliphatic carbocycles. The summed E-state index contributed by atoms with van der Waals surface area (Å²) in [5.74, 6) is 0. The van der Waals surface area contributed by atoms with Gasteiger partial charge in [0.1, 0.15) is 0 Å². The number of hydrogen-bond donors (Lipinski definition) is 1. The molecule has 1 aromatic heterocycles. The largest absolute Gasteiger partial charge is 0.437 e. The summed E-state index contributed by atoms with van der Waals surface area (Å²) in [6, 6.07) is 23.5. The molecule has 3 rings (SSSR count). The highest BCUT2D eigenvalue weighted by Gasteiger charge is 2.03. The number of hydrogen-bond acceptors (Lipinski definition) is 4. The molecule has 4 nitrogen and oxygen atoms in total. The Kier molecular flexibility index (Phi) is 5.37. The molecule has 0 radical (unpaired) electrons. The van der Waals surface area contributed by atoms with E-state index in [1.807, 2.05) is 36.4 Å². The first kappa shape index (κ1) is 16.0. The first-order chi connectivity index (χ1) is 11.8. The lowest BCUT2D eigenvalue weighted by Crippen LogP contribution is -2.10. The molecule has 1 N–H and O–H groups in total. The van der Waals surface area contributed by atoms with Gasteiger partial charge in [0, 0.05) is 28.1 Å². The molecular formula is C19H16N2O2S. The minimum atomic E-state index is -0.603. The highest BCUT2D eigenvalue weighted by Crippen LogP contribution is 2.27. The van der Waals surface area contributed by atoms with Gasteiger partial charge < -0.3 is 0 Å². The number of nitrogens with one attached hydrogen (secondary N) is 1. The van der Waals surface area contributed by atoms with Crippen LogP contribution in [-0.4, -0.2) is 12.3 Å². The summed E-state index contributed by atoms with van der Waals surface area (Å²) in [5, 5.41) is 6.31. The van der Waals surface area contributed by atoms with Crippen LogP contribution in [0.3, 0.4) is 0 Å². The zero-order chi connectivity index (χ0) is 16.6. The number of anilines is 1. The SMILES string of the molecule is O=C(Nc1ccccc1)ON=CCc1ccc(-c2ccccc2)s1. The summed E-state index contributed by atoms with van der Waals surface area (Å²) < 4.78 is 0. The average molecular weight is 336 g/mol. The van der Waals surface area contributed by atoms with Crippen molar-refractivity contribution in [1.82, 2.24) is 0 Å². The molecule has 0 atom stereocenters. The number of thiophene rings is 1. The van der Waals surface area contributed by atoms with Crippen molar-refractivity contribution in [3.8, 4) is 10.4 Å². The average Bonchev–Trinajstić information content (AvgIpc) is 3.09. The van der Waals surface area contributed by atoms with E-state index in [9.17, 15) is 4.79 Å². The van der Waals surface area contributed by atoms with Crippen molar-refractivity contribution < 1.29 is 9.63 Å². The Morgan fingerprint density at radius 1 is 1.00 bits per heavy atom. The highest BCUT2D eigenvalue weighted by atomic mass is 32.1. The summed E-state index contributed by atoms with van der Waals surface area (Å²) >= 11 is 1.70. The number of benzene rings is 2. The smallest absolute Gasteiger partial charge is 0.298 e. The van der Waals surface area contributed by atoms with Gasteiger partial charge in [0.25, 0.3) is 0 Å². The third-order valence-electron chi connectivity index (χ3n) is 3.24. The summed E-state index contributed by atoms with van der Waals surface area (Å²) in [6.45, 7) is 0. The van der Waals surface area contributed by atoms with Crippen LogP contribution in [0.25, 0.3) is 10.4 Å². The van der Waals surface area contributed by atoms with Crippen LogP contribution in [0.15, 0.2) is 78.0 Å². The van der Waals surface area contributed by atoms with Crippen LogP contribution < -0.4 is 5.32 Å². The van der Waals surface area contributed by atoms with Crippen molar-refractivity contribution in [2.75, 3.05) is 5.32 Å². The van der Waals surface area contributed by atoms with E-state index in [2.05, 4.69) is 34.7 Å². The second-order valence-corrected chi connectivity index (χ2v) is 6.16. The normalized spacial score (nSPS) is 10.7. The second-order valence-electron chi connectivity index (χ2n) is 4.99. The van der Waals surface area contributed by atoms with Crippen LogP contribution in [0.2, 0.25) is 0 Å². The van der Waals surface area contributed by atoms with Crippen molar-refractivity contribution in [2.45, 2.75) is 6.42 Å². The zero-order valence-electron chi connectivity index (χ0n) is 12.9. The van der Waals surface area contributed by atoms with E-state index in [0.29, 0.717) is 12.1 Å². The third kappa shape index (κ3) is 4.54. The van der Waals surface area contributed by atoms with Crippen molar-refractivity contribution in [1.29, 1.82) is 0 Å². The number of amides is 1. The van der Waals surface area contributed by atoms with Crippen molar-refractivity contribution in [3.63, 3.8) is 0 Å². The standard InChI is InChI=1S/C19H16N2O2S/c22-19(21-16-9-5-2-6-10-16)23-20-14-13-17-11-12-18(24-17)15-7-3-1-4-8-15/h1-12,14H,13H2,(H,21,22). The first-order valence-corrected chi connectivity index (χ1v) is 8.32. The molecule has 5 heteroatoms. The number of carbonyl (C=O) groups excluding carboxylic acids is 1. The minimum Gasteiger partial charge on any atom is -0.298 e. The molecule has 0 fully saturated rings. The van der Waals surface area contributed by atoms with Crippen LogP contribution >= 0.6 is 11.3 Å². The number of rotatable bonds is 5. The number of nitrogens with zero attached hydrogens (tertiary/aromatic N) is 1. The zero-order valence-corrected chi connectivity index (χ0v) is 13.7. The summed E-state index contributed by atoms with van der Waals surface area (Å²) in [5.41, 5.74) is 1.87. The topological polar surface area (TPSA) is 50.7 Å². The molecule has 120 valence electrons. The molecule has 0 bridgehead atoms. The maximum atomic E-state index is 11.6. The molecule has 0 saturated carbocycles. The Labute approximate surface area is 144 Å². The second kappa shape index (κ2) is 8.08. The molecule has 1 heterocycles. The van der Waals surface area contributed by atoms with Gasteiger partial charge in [0.2, 0.25) is 0 Å².